The summed E-state index contributed by atoms with van der Waals surface area (Å²) in [5, 5.41) is 36.7. The summed E-state index contributed by atoms with van der Waals surface area (Å²) < 4.78 is 0. The fourth-order valence-electron chi connectivity index (χ4n) is 9.63. The molecule has 0 aromatic heterocycles. The maximum absolute atomic E-state index is 13.5. The maximum Gasteiger partial charge on any atom is 0.258 e. The predicted molar refractivity (Wildman–Crippen MR) is 258 cm³/mol. The van der Waals surface area contributed by atoms with E-state index < -0.39 is 0 Å². The molecule has 0 saturated carbocycles. The van der Waals surface area contributed by atoms with Crippen molar-refractivity contribution in [1.82, 2.24) is 29.8 Å². The highest BCUT2D eigenvalue weighted by atomic mass is 16.3. The van der Waals surface area contributed by atoms with Crippen LogP contribution in [-0.4, -0.2) is 149 Å². The molecule has 66 heavy (non-hydrogen) atoms. The number of hydrogen-bond donors (Lipinski definition) is 4. The number of benzene rings is 4. The molecule has 0 unspecified atom stereocenters. The van der Waals surface area contributed by atoms with Crippen molar-refractivity contribution in [3.63, 3.8) is 0 Å². The van der Waals surface area contributed by atoms with Gasteiger partial charge in [0, 0.05) is 120 Å². The highest BCUT2D eigenvalue weighted by Gasteiger charge is 2.31. The molecule has 2 fully saturated rings. The van der Waals surface area contributed by atoms with Crippen LogP contribution < -0.4 is 10.2 Å². The van der Waals surface area contributed by atoms with E-state index in [1.807, 2.05) is 30.0 Å². The highest BCUT2D eigenvalue weighted by Crippen LogP contribution is 2.36. The standard InChI is InChI=1S/C51H61N9O6/c1-4-8-37-27-43(47(63)29-46(37)62)51(66)60-31-38-12-11-35(25-39(38)32-60)30-55-17-19-57(20-18-55)49(65)13-15-53-34-54-50(58-23-21-56(22-24-58)48(64)5-2)42-14-16-59(33-44(42)52-3)45-28-40(61)26-36-9-6-7-10-41(36)45/h5-7,9-12,25-29,53,61-63H,2-4,8,13-24,30-34H2,1H3/b54-50+. The predicted octanol–water partition coefficient (Wildman–Crippen LogP) is 5.24. The van der Waals surface area contributed by atoms with Gasteiger partial charge in [-0.05, 0) is 65.4 Å². The van der Waals surface area contributed by atoms with E-state index in [0.717, 1.165) is 76.3 Å². The van der Waals surface area contributed by atoms with E-state index in [0.29, 0.717) is 103 Å². The lowest BCUT2D eigenvalue weighted by atomic mass is 10.00. The molecule has 4 heterocycles. The van der Waals surface area contributed by atoms with Crippen LogP contribution in [0.4, 0.5) is 5.69 Å². The normalized spacial score (nSPS) is 17.1. The average Bonchev–Trinajstić information content (AvgIpc) is 3.77. The summed E-state index contributed by atoms with van der Waals surface area (Å²) in [6, 6.07) is 20.8. The number of amidine groups is 1. The van der Waals surface area contributed by atoms with E-state index in [4.69, 9.17) is 4.99 Å². The molecule has 0 radical (unpaired) electrons. The van der Waals surface area contributed by atoms with Gasteiger partial charge < -0.3 is 39.8 Å². The molecule has 4 aromatic rings. The minimum atomic E-state index is -0.255. The molecule has 3 amide bonds. The van der Waals surface area contributed by atoms with E-state index in [1.165, 1.54) is 12.1 Å². The quantitative estimate of drug-likeness (QED) is 0.0569. The van der Waals surface area contributed by atoms with Gasteiger partial charge in [-0.15, -0.1) is 0 Å². The van der Waals surface area contributed by atoms with Gasteiger partial charge in [0.1, 0.15) is 23.1 Å². The van der Waals surface area contributed by atoms with Crippen LogP contribution in [-0.2, 0) is 35.6 Å². The summed E-state index contributed by atoms with van der Waals surface area (Å²) in [7, 11) is 0. The Bertz CT molecular complexity index is 2560. The van der Waals surface area contributed by atoms with Gasteiger partial charge in [-0.25, -0.2) is 0 Å². The van der Waals surface area contributed by atoms with E-state index >= 15 is 0 Å². The number of hydrogen-bond acceptors (Lipinski definition) is 11. The number of aromatic hydroxyl groups is 3. The van der Waals surface area contributed by atoms with Gasteiger partial charge in [-0.1, -0.05) is 62.4 Å². The van der Waals surface area contributed by atoms with Gasteiger partial charge in [0.2, 0.25) is 11.8 Å². The summed E-state index contributed by atoms with van der Waals surface area (Å²) in [5.41, 5.74) is 6.95. The third-order valence-corrected chi connectivity index (χ3v) is 13.2. The fourth-order valence-corrected chi connectivity index (χ4v) is 9.63. The molecule has 15 nitrogen and oxygen atoms in total. The molecule has 0 atom stereocenters. The first-order chi connectivity index (χ1) is 32.0. The fraction of sp³-hybridized carbons (Fsp3) is 0.392. The summed E-state index contributed by atoms with van der Waals surface area (Å²) in [6.07, 6.45) is 3.80. The molecule has 2 saturated heterocycles. The number of piperazine rings is 2. The Hall–Kier alpha value is -6.71. The summed E-state index contributed by atoms with van der Waals surface area (Å²) >= 11 is 0. The highest BCUT2D eigenvalue weighted by molar-refractivity contribution is 6.01. The summed E-state index contributed by atoms with van der Waals surface area (Å²) in [6.45, 7) is 18.4. The number of nitrogens with one attached hydrogen (secondary N) is 1. The third-order valence-electron chi connectivity index (χ3n) is 13.2. The van der Waals surface area contributed by atoms with Gasteiger partial charge >= 0.3 is 0 Å². The lowest BCUT2D eigenvalue weighted by Crippen LogP contribution is -2.51. The summed E-state index contributed by atoms with van der Waals surface area (Å²) in [5.74, 6) is 0.588. The molecule has 8 rings (SSSR count). The smallest absolute Gasteiger partial charge is 0.258 e. The second-order valence-electron chi connectivity index (χ2n) is 17.5. The van der Waals surface area contributed by atoms with Gasteiger partial charge in [0.25, 0.3) is 5.91 Å². The number of carbonyl (C=O) groups is 3. The van der Waals surface area contributed by atoms with Crippen molar-refractivity contribution < 1.29 is 29.7 Å². The zero-order valence-electron chi connectivity index (χ0n) is 37.9. The Morgan fingerprint density at radius 1 is 0.788 bits per heavy atom. The van der Waals surface area contributed by atoms with Crippen molar-refractivity contribution in [1.29, 1.82) is 0 Å². The van der Waals surface area contributed by atoms with Crippen LogP contribution in [0.2, 0.25) is 0 Å². The lowest BCUT2D eigenvalue weighted by molar-refractivity contribution is -0.133. The van der Waals surface area contributed by atoms with E-state index in [1.54, 1.807) is 28.0 Å². The van der Waals surface area contributed by atoms with E-state index in [-0.39, 0.29) is 40.5 Å². The SMILES string of the molecule is C=CC(=O)N1CCN(/C(=N/CNCCC(=O)N2CCN(Cc3ccc4c(c3)CN(C(=O)c3cc(CCC)c(O)cc3O)C4)CC2)C2=C(N=C)CN(c3cc(O)cc4ccccc34)CC2)CC1. The zero-order valence-corrected chi connectivity index (χ0v) is 37.9. The number of nitrogens with zero attached hydrogens (tertiary/aromatic N) is 8. The van der Waals surface area contributed by atoms with Crippen LogP contribution in [0.1, 0.15) is 58.8 Å². The first-order valence-corrected chi connectivity index (χ1v) is 23.1. The Kier molecular flexibility index (Phi) is 14.3. The van der Waals surface area contributed by atoms with E-state index in [2.05, 4.69) is 62.6 Å². The zero-order chi connectivity index (χ0) is 46.3. The first kappa shape index (κ1) is 45.8. The molecule has 4 aliphatic rings. The number of aryl methyl sites for hydroxylation is 1. The van der Waals surface area contributed by atoms with Crippen molar-refractivity contribution in [2.24, 2.45) is 9.98 Å². The Morgan fingerprint density at radius 2 is 1.53 bits per heavy atom. The topological polar surface area (TPSA) is 168 Å². The lowest BCUT2D eigenvalue weighted by Gasteiger charge is -2.39. The molecule has 4 aliphatic heterocycles. The van der Waals surface area contributed by atoms with Gasteiger partial charge in [-0.3, -0.25) is 34.6 Å². The Morgan fingerprint density at radius 3 is 2.29 bits per heavy atom. The number of phenolic OH excluding ortho intramolecular Hbond substituents is 3. The first-order valence-electron chi connectivity index (χ1n) is 23.1. The largest absolute Gasteiger partial charge is 0.508 e. The van der Waals surface area contributed by atoms with Crippen LogP contribution in [0, 0.1) is 0 Å². The number of rotatable bonds is 14. The Labute approximate surface area is 386 Å². The molecule has 0 aliphatic carbocycles. The number of fused-ring (bicyclic) bond motifs is 2. The number of anilines is 1. The maximum atomic E-state index is 13.5. The van der Waals surface area contributed by atoms with Gasteiger partial charge in [-0.2, -0.15) is 0 Å². The molecule has 0 bridgehead atoms. The molecule has 0 spiro atoms. The number of carbonyl (C=O) groups excluding carboxylic acids is 3. The second kappa shape index (κ2) is 20.6. The van der Waals surface area contributed by atoms with E-state index in [9.17, 15) is 29.7 Å². The van der Waals surface area contributed by atoms with Crippen molar-refractivity contribution in [2.75, 3.05) is 83.6 Å². The van der Waals surface area contributed by atoms with Crippen molar-refractivity contribution in [3.8, 4) is 17.2 Å². The monoisotopic (exact) mass is 895 g/mol. The molecular weight excluding hydrogens is 835 g/mol. The molecule has 346 valence electrons. The number of aliphatic imine (C=N–C) groups is 2. The van der Waals surface area contributed by atoms with Crippen LogP contribution in [0.25, 0.3) is 10.8 Å². The Balaban J connectivity index is 0.838. The minimum Gasteiger partial charge on any atom is -0.508 e. The molecule has 4 N–H and O–H groups in total. The van der Waals surface area contributed by atoms with Crippen LogP contribution in [0.15, 0.2) is 101 Å². The minimum absolute atomic E-state index is 0.00484. The second-order valence-corrected chi connectivity index (χ2v) is 17.5. The number of phenols is 3. The van der Waals surface area contributed by atoms with Gasteiger partial charge in [0.05, 0.1) is 24.5 Å². The summed E-state index contributed by atoms with van der Waals surface area (Å²) in [4.78, 5) is 61.1. The number of amides is 3. The molecule has 4 aromatic carbocycles. The van der Waals surface area contributed by atoms with Crippen molar-refractivity contribution in [3.05, 3.63) is 118 Å². The third kappa shape index (κ3) is 10.2. The molecule has 15 heteroatoms. The van der Waals surface area contributed by atoms with Crippen molar-refractivity contribution in [2.45, 2.75) is 52.2 Å². The van der Waals surface area contributed by atoms with Gasteiger partial charge in [0.15, 0.2) is 0 Å². The molecular formula is C51H61N9O6. The van der Waals surface area contributed by atoms with Crippen LogP contribution in [0.3, 0.4) is 0 Å². The average molecular weight is 896 g/mol. The van der Waals surface area contributed by atoms with Crippen molar-refractivity contribution >= 4 is 46.7 Å². The van der Waals surface area contributed by atoms with Crippen LogP contribution in [0.5, 0.6) is 17.2 Å². The van der Waals surface area contributed by atoms with Crippen LogP contribution >= 0.6 is 0 Å².